The number of rotatable bonds is 9. The Bertz CT molecular complexity index is 894. The summed E-state index contributed by atoms with van der Waals surface area (Å²) >= 11 is 1.41. The van der Waals surface area contributed by atoms with Crippen LogP contribution in [0.5, 0.6) is 0 Å². The molecule has 0 aliphatic carbocycles. The monoisotopic (exact) mass is 394 g/mol. The van der Waals surface area contributed by atoms with Crippen LogP contribution in [0.25, 0.3) is 5.69 Å². The molecule has 0 saturated carbocycles. The Hall–Kier alpha value is -2.60. The van der Waals surface area contributed by atoms with Gasteiger partial charge in [0, 0.05) is 6.04 Å². The molecule has 3 aromatic rings. The van der Waals surface area contributed by atoms with Crippen molar-refractivity contribution in [3.05, 3.63) is 72.1 Å². The number of para-hydroxylation sites is 1. The zero-order valence-corrected chi connectivity index (χ0v) is 17.2. The Morgan fingerprint density at radius 3 is 2.68 bits per heavy atom. The van der Waals surface area contributed by atoms with Crippen molar-refractivity contribution in [3.63, 3.8) is 0 Å². The van der Waals surface area contributed by atoms with E-state index >= 15 is 0 Å². The molecule has 0 fully saturated rings. The van der Waals surface area contributed by atoms with E-state index in [9.17, 15) is 4.79 Å². The first-order chi connectivity index (χ1) is 13.7. The second kappa shape index (κ2) is 10.1. The lowest BCUT2D eigenvalue weighted by Crippen LogP contribution is -2.34. The van der Waals surface area contributed by atoms with Crippen LogP contribution in [0.4, 0.5) is 0 Å². The van der Waals surface area contributed by atoms with Crippen molar-refractivity contribution in [2.75, 3.05) is 5.75 Å². The molecular formula is C22H26N4OS. The Morgan fingerprint density at radius 1 is 1.14 bits per heavy atom. The summed E-state index contributed by atoms with van der Waals surface area (Å²) in [5, 5.41) is 12.0. The normalized spacial score (nSPS) is 11.9. The van der Waals surface area contributed by atoms with Crippen LogP contribution in [-0.4, -0.2) is 32.5 Å². The standard InChI is InChI=1S/C22H26N4OS/c1-3-19-11-7-8-12-20(19)26-16-23-25-22(26)28-15-21(27)24-17(2)13-14-18-9-5-4-6-10-18/h4-12,16-17H,3,13-15H2,1-2H3,(H,24,27). The summed E-state index contributed by atoms with van der Waals surface area (Å²) in [7, 11) is 0. The molecule has 3 rings (SSSR count). The van der Waals surface area contributed by atoms with Gasteiger partial charge >= 0.3 is 0 Å². The minimum Gasteiger partial charge on any atom is -0.353 e. The Labute approximate surface area is 170 Å². The number of aryl methyl sites for hydroxylation is 2. The van der Waals surface area contributed by atoms with Gasteiger partial charge < -0.3 is 5.32 Å². The zero-order chi connectivity index (χ0) is 19.8. The summed E-state index contributed by atoms with van der Waals surface area (Å²) in [5.41, 5.74) is 3.58. The van der Waals surface area contributed by atoms with Crippen molar-refractivity contribution < 1.29 is 4.79 Å². The minimum absolute atomic E-state index is 0.0175. The fourth-order valence-corrected chi connectivity index (χ4v) is 3.81. The van der Waals surface area contributed by atoms with Gasteiger partial charge in [-0.25, -0.2) is 0 Å². The van der Waals surface area contributed by atoms with E-state index in [-0.39, 0.29) is 11.9 Å². The van der Waals surface area contributed by atoms with E-state index in [1.807, 2.05) is 41.8 Å². The molecule has 6 heteroatoms. The molecule has 1 amide bonds. The Balaban J connectivity index is 1.52. The van der Waals surface area contributed by atoms with Gasteiger partial charge in [-0.1, -0.05) is 67.2 Å². The van der Waals surface area contributed by atoms with E-state index in [1.165, 1.54) is 22.9 Å². The summed E-state index contributed by atoms with van der Waals surface area (Å²) in [6, 6.07) is 18.7. The lowest BCUT2D eigenvalue weighted by Gasteiger charge is -2.14. The van der Waals surface area contributed by atoms with Crippen molar-refractivity contribution in [1.29, 1.82) is 0 Å². The van der Waals surface area contributed by atoms with Crippen LogP contribution < -0.4 is 5.32 Å². The minimum atomic E-state index is 0.0175. The smallest absolute Gasteiger partial charge is 0.230 e. The molecule has 0 spiro atoms. The van der Waals surface area contributed by atoms with E-state index in [4.69, 9.17) is 0 Å². The van der Waals surface area contributed by atoms with Crippen molar-refractivity contribution >= 4 is 17.7 Å². The van der Waals surface area contributed by atoms with E-state index in [0.29, 0.717) is 5.75 Å². The van der Waals surface area contributed by atoms with E-state index in [1.54, 1.807) is 6.33 Å². The SMILES string of the molecule is CCc1ccccc1-n1cnnc1SCC(=O)NC(C)CCc1ccccc1. The maximum absolute atomic E-state index is 12.3. The molecule has 0 saturated heterocycles. The average molecular weight is 395 g/mol. The second-order valence-electron chi connectivity index (χ2n) is 6.75. The highest BCUT2D eigenvalue weighted by molar-refractivity contribution is 7.99. The topological polar surface area (TPSA) is 59.8 Å². The van der Waals surface area contributed by atoms with Gasteiger partial charge in [-0.05, 0) is 43.4 Å². The van der Waals surface area contributed by atoms with Gasteiger partial charge in [-0.3, -0.25) is 9.36 Å². The van der Waals surface area contributed by atoms with Gasteiger partial charge in [-0.15, -0.1) is 10.2 Å². The molecule has 0 aliphatic rings. The van der Waals surface area contributed by atoms with Crippen LogP contribution in [0.3, 0.4) is 0 Å². The first kappa shape index (κ1) is 20.1. The summed E-state index contributed by atoms with van der Waals surface area (Å²) < 4.78 is 1.95. The zero-order valence-electron chi connectivity index (χ0n) is 16.3. The lowest BCUT2D eigenvalue weighted by molar-refractivity contribution is -0.119. The average Bonchev–Trinajstić information content (AvgIpc) is 3.20. The van der Waals surface area contributed by atoms with Crippen molar-refractivity contribution in [2.24, 2.45) is 0 Å². The highest BCUT2D eigenvalue weighted by Crippen LogP contribution is 2.22. The third-order valence-electron chi connectivity index (χ3n) is 4.60. The van der Waals surface area contributed by atoms with Crippen molar-refractivity contribution in [3.8, 4) is 5.69 Å². The third kappa shape index (κ3) is 5.45. The number of amides is 1. The highest BCUT2D eigenvalue weighted by Gasteiger charge is 2.13. The van der Waals surface area contributed by atoms with Gasteiger partial charge in [0.1, 0.15) is 6.33 Å². The number of carbonyl (C=O) groups excluding carboxylic acids is 1. The molecular weight excluding hydrogens is 368 g/mol. The van der Waals surface area contributed by atoms with Gasteiger partial charge in [-0.2, -0.15) is 0 Å². The molecule has 1 unspecified atom stereocenters. The van der Waals surface area contributed by atoms with Crippen LogP contribution in [0.1, 0.15) is 31.4 Å². The van der Waals surface area contributed by atoms with Gasteiger partial charge in [0.05, 0.1) is 11.4 Å². The molecule has 0 bridgehead atoms. The number of aromatic nitrogens is 3. The van der Waals surface area contributed by atoms with Crippen LogP contribution in [0.2, 0.25) is 0 Å². The first-order valence-corrected chi connectivity index (χ1v) is 10.6. The Morgan fingerprint density at radius 2 is 1.89 bits per heavy atom. The predicted molar refractivity (Wildman–Crippen MR) is 114 cm³/mol. The second-order valence-corrected chi connectivity index (χ2v) is 7.69. The molecule has 1 aromatic heterocycles. The molecule has 5 nitrogen and oxygen atoms in total. The molecule has 1 heterocycles. The molecule has 1 atom stereocenters. The highest BCUT2D eigenvalue weighted by atomic mass is 32.2. The van der Waals surface area contributed by atoms with E-state index in [2.05, 4.69) is 46.7 Å². The number of hydrogen-bond acceptors (Lipinski definition) is 4. The maximum atomic E-state index is 12.3. The molecule has 28 heavy (non-hydrogen) atoms. The molecule has 2 aromatic carbocycles. The number of hydrogen-bond donors (Lipinski definition) is 1. The van der Waals surface area contributed by atoms with Crippen LogP contribution in [0.15, 0.2) is 66.1 Å². The number of thioether (sulfide) groups is 1. The van der Waals surface area contributed by atoms with Gasteiger partial charge in [0.15, 0.2) is 5.16 Å². The number of benzene rings is 2. The van der Waals surface area contributed by atoms with Crippen LogP contribution in [-0.2, 0) is 17.6 Å². The molecule has 0 aliphatic heterocycles. The third-order valence-corrected chi connectivity index (χ3v) is 5.54. The maximum Gasteiger partial charge on any atom is 0.230 e. The Kier molecular flexibility index (Phi) is 7.25. The van der Waals surface area contributed by atoms with Crippen molar-refractivity contribution in [1.82, 2.24) is 20.1 Å². The van der Waals surface area contributed by atoms with Gasteiger partial charge in [0.2, 0.25) is 5.91 Å². The molecule has 146 valence electrons. The summed E-state index contributed by atoms with van der Waals surface area (Å²) in [6.07, 6.45) is 4.51. The van der Waals surface area contributed by atoms with E-state index < -0.39 is 0 Å². The fraction of sp³-hybridized carbons (Fsp3) is 0.318. The quantitative estimate of drug-likeness (QED) is 0.556. The summed E-state index contributed by atoms with van der Waals surface area (Å²) in [6.45, 7) is 4.17. The number of nitrogens with one attached hydrogen (secondary N) is 1. The molecule has 1 N–H and O–H groups in total. The summed E-state index contributed by atoms with van der Waals surface area (Å²) in [5.74, 6) is 0.340. The van der Waals surface area contributed by atoms with Crippen LogP contribution >= 0.6 is 11.8 Å². The van der Waals surface area contributed by atoms with Crippen molar-refractivity contribution in [2.45, 2.75) is 44.3 Å². The van der Waals surface area contributed by atoms with E-state index in [0.717, 1.165) is 30.1 Å². The summed E-state index contributed by atoms with van der Waals surface area (Å²) in [4.78, 5) is 12.3. The number of nitrogens with zero attached hydrogens (tertiary/aromatic N) is 3. The number of carbonyl (C=O) groups is 1. The lowest BCUT2D eigenvalue weighted by atomic mass is 10.1. The van der Waals surface area contributed by atoms with Gasteiger partial charge in [0.25, 0.3) is 0 Å². The van der Waals surface area contributed by atoms with Crippen LogP contribution in [0, 0.1) is 0 Å². The first-order valence-electron chi connectivity index (χ1n) is 9.61. The predicted octanol–water partition coefficient (Wildman–Crippen LogP) is 4.06. The largest absolute Gasteiger partial charge is 0.353 e. The fourth-order valence-electron chi connectivity index (χ4n) is 3.08. The molecule has 0 radical (unpaired) electrons.